The number of carbonyl (C=O) groups excluding carboxylic acids is 1. The molecule has 0 aromatic heterocycles. The van der Waals surface area contributed by atoms with Gasteiger partial charge in [0, 0.05) is 21.6 Å². The van der Waals surface area contributed by atoms with E-state index in [0.717, 1.165) is 13.6 Å². The topological polar surface area (TPSA) is 40.5 Å². The van der Waals surface area contributed by atoms with E-state index in [4.69, 9.17) is 0 Å². The maximum Gasteiger partial charge on any atom is 0.255 e. The Kier molecular flexibility index (Phi) is 5.04. The molecular weight excluding hydrogens is 433 g/mol. The minimum absolute atomic E-state index is 0.0567. The highest BCUT2D eigenvalue weighted by atomic mass is 127. The number of phenols is 1. The summed E-state index contributed by atoms with van der Waals surface area (Å²) in [5, 5.41) is 9.45. The molecule has 2 rings (SSSR count). The maximum absolute atomic E-state index is 12.4. The van der Waals surface area contributed by atoms with Crippen molar-refractivity contribution in [2.24, 2.45) is 0 Å². The molecule has 0 saturated heterocycles. The number of amides is 1. The van der Waals surface area contributed by atoms with Crippen LogP contribution in [0.1, 0.15) is 15.9 Å². The van der Waals surface area contributed by atoms with Gasteiger partial charge in [0.2, 0.25) is 0 Å². The van der Waals surface area contributed by atoms with Crippen molar-refractivity contribution in [3.8, 4) is 5.75 Å². The van der Waals surface area contributed by atoms with Gasteiger partial charge in [-0.25, -0.2) is 0 Å². The van der Waals surface area contributed by atoms with Crippen LogP contribution < -0.4 is 0 Å². The molecule has 3 nitrogen and oxygen atoms in total. The van der Waals surface area contributed by atoms with E-state index < -0.39 is 0 Å². The third kappa shape index (κ3) is 3.73. The van der Waals surface area contributed by atoms with E-state index in [1.54, 1.807) is 30.1 Å². The highest BCUT2D eigenvalue weighted by Crippen LogP contribution is 2.22. The first-order valence-corrected chi connectivity index (χ1v) is 7.83. The molecule has 0 radical (unpaired) electrons. The largest absolute Gasteiger partial charge is 0.508 e. The van der Waals surface area contributed by atoms with Gasteiger partial charge in [0.15, 0.2) is 0 Å². The first-order chi connectivity index (χ1) is 9.47. The SMILES string of the molecule is CN(Cc1cccc(O)c1)C(=O)c1cc(I)ccc1Br. The Labute approximate surface area is 139 Å². The average molecular weight is 446 g/mol. The first-order valence-electron chi connectivity index (χ1n) is 5.96. The lowest BCUT2D eigenvalue weighted by molar-refractivity contribution is 0.0784. The molecule has 2 aromatic rings. The Morgan fingerprint density at radius 2 is 2.05 bits per heavy atom. The quantitative estimate of drug-likeness (QED) is 0.724. The number of nitrogens with zero attached hydrogens (tertiary/aromatic N) is 1. The second-order valence-corrected chi connectivity index (χ2v) is 6.56. The summed E-state index contributed by atoms with van der Waals surface area (Å²) in [6.07, 6.45) is 0. The second kappa shape index (κ2) is 6.58. The zero-order valence-electron chi connectivity index (χ0n) is 10.8. The van der Waals surface area contributed by atoms with E-state index in [0.29, 0.717) is 12.1 Å². The minimum Gasteiger partial charge on any atom is -0.508 e. The van der Waals surface area contributed by atoms with Crippen LogP contribution in [-0.2, 0) is 6.54 Å². The molecule has 0 bridgehead atoms. The van der Waals surface area contributed by atoms with Gasteiger partial charge in [-0.05, 0) is 74.4 Å². The van der Waals surface area contributed by atoms with Crippen LogP contribution >= 0.6 is 38.5 Å². The predicted molar refractivity (Wildman–Crippen MR) is 90.8 cm³/mol. The van der Waals surface area contributed by atoms with E-state index in [-0.39, 0.29) is 11.7 Å². The summed E-state index contributed by atoms with van der Waals surface area (Å²) in [6, 6.07) is 12.6. The Morgan fingerprint density at radius 3 is 2.75 bits per heavy atom. The molecule has 0 aliphatic heterocycles. The molecule has 20 heavy (non-hydrogen) atoms. The van der Waals surface area contributed by atoms with Gasteiger partial charge in [0.05, 0.1) is 5.56 Å². The second-order valence-electron chi connectivity index (χ2n) is 4.46. The van der Waals surface area contributed by atoms with Gasteiger partial charge in [-0.3, -0.25) is 4.79 Å². The van der Waals surface area contributed by atoms with Crippen molar-refractivity contribution in [2.45, 2.75) is 6.54 Å². The summed E-state index contributed by atoms with van der Waals surface area (Å²) in [5.41, 5.74) is 1.53. The molecule has 0 fully saturated rings. The molecule has 2 aromatic carbocycles. The van der Waals surface area contributed by atoms with Crippen molar-refractivity contribution >= 4 is 44.4 Å². The van der Waals surface area contributed by atoms with Crippen LogP contribution in [0.4, 0.5) is 0 Å². The van der Waals surface area contributed by atoms with Crippen LogP contribution in [0.2, 0.25) is 0 Å². The van der Waals surface area contributed by atoms with Crippen molar-refractivity contribution < 1.29 is 9.90 Å². The maximum atomic E-state index is 12.4. The predicted octanol–water partition coefficient (Wildman–Crippen LogP) is 4.03. The Hall–Kier alpha value is -1.08. The van der Waals surface area contributed by atoms with Crippen molar-refractivity contribution in [3.63, 3.8) is 0 Å². The van der Waals surface area contributed by atoms with E-state index in [9.17, 15) is 9.90 Å². The van der Waals surface area contributed by atoms with Crippen LogP contribution in [0.3, 0.4) is 0 Å². The number of hydrogen-bond acceptors (Lipinski definition) is 2. The standard InChI is InChI=1S/C15H13BrINO2/c1-18(9-10-3-2-4-12(19)7-10)15(20)13-8-11(17)5-6-14(13)16/h2-8,19H,9H2,1H3. The summed E-state index contributed by atoms with van der Waals surface area (Å²) in [7, 11) is 1.75. The van der Waals surface area contributed by atoms with Gasteiger partial charge in [-0.2, -0.15) is 0 Å². The highest BCUT2D eigenvalue weighted by molar-refractivity contribution is 14.1. The molecule has 0 heterocycles. The van der Waals surface area contributed by atoms with Crippen molar-refractivity contribution in [3.05, 3.63) is 61.6 Å². The van der Waals surface area contributed by atoms with Crippen molar-refractivity contribution in [1.29, 1.82) is 0 Å². The third-order valence-corrected chi connectivity index (χ3v) is 4.20. The monoisotopic (exact) mass is 445 g/mol. The van der Waals surface area contributed by atoms with Crippen LogP contribution in [0, 0.1) is 3.57 Å². The van der Waals surface area contributed by atoms with E-state index in [1.807, 2.05) is 24.3 Å². The van der Waals surface area contributed by atoms with Gasteiger partial charge in [0.25, 0.3) is 5.91 Å². The zero-order valence-corrected chi connectivity index (χ0v) is 14.6. The number of phenolic OH excluding ortho intramolecular Hbond substituents is 1. The van der Waals surface area contributed by atoms with Crippen LogP contribution in [0.15, 0.2) is 46.9 Å². The van der Waals surface area contributed by atoms with Crippen LogP contribution in [0.5, 0.6) is 5.75 Å². The van der Waals surface area contributed by atoms with Crippen molar-refractivity contribution in [1.82, 2.24) is 4.90 Å². The minimum atomic E-state index is -0.0567. The fourth-order valence-electron chi connectivity index (χ4n) is 1.87. The van der Waals surface area contributed by atoms with Gasteiger partial charge < -0.3 is 10.0 Å². The van der Waals surface area contributed by atoms with Crippen molar-refractivity contribution in [2.75, 3.05) is 7.05 Å². The number of carbonyl (C=O) groups is 1. The highest BCUT2D eigenvalue weighted by Gasteiger charge is 2.15. The van der Waals surface area contributed by atoms with Crippen LogP contribution in [-0.4, -0.2) is 23.0 Å². The fraction of sp³-hybridized carbons (Fsp3) is 0.133. The fourth-order valence-corrected chi connectivity index (χ4v) is 2.77. The van der Waals surface area contributed by atoms with E-state index in [1.165, 1.54) is 0 Å². The Balaban J connectivity index is 2.18. The zero-order chi connectivity index (χ0) is 14.7. The first kappa shape index (κ1) is 15.3. The molecule has 0 saturated carbocycles. The summed E-state index contributed by atoms with van der Waals surface area (Å²) < 4.78 is 1.80. The van der Waals surface area contributed by atoms with Gasteiger partial charge >= 0.3 is 0 Å². The summed E-state index contributed by atoms with van der Waals surface area (Å²) >= 11 is 5.59. The number of rotatable bonds is 3. The smallest absolute Gasteiger partial charge is 0.255 e. The Morgan fingerprint density at radius 1 is 1.30 bits per heavy atom. The van der Waals surface area contributed by atoms with Gasteiger partial charge in [0.1, 0.15) is 5.75 Å². The summed E-state index contributed by atoms with van der Waals surface area (Å²) in [6.45, 7) is 0.450. The summed E-state index contributed by atoms with van der Waals surface area (Å²) in [4.78, 5) is 14.1. The lowest BCUT2D eigenvalue weighted by Crippen LogP contribution is -2.26. The Bertz CT molecular complexity index is 646. The van der Waals surface area contributed by atoms with Gasteiger partial charge in [-0.1, -0.05) is 12.1 Å². The summed E-state index contributed by atoms with van der Waals surface area (Å²) in [5.74, 6) is 0.150. The van der Waals surface area contributed by atoms with E-state index in [2.05, 4.69) is 38.5 Å². The number of halogens is 2. The van der Waals surface area contributed by atoms with Gasteiger partial charge in [-0.15, -0.1) is 0 Å². The molecule has 0 atom stereocenters. The molecule has 104 valence electrons. The molecule has 0 unspecified atom stereocenters. The third-order valence-electron chi connectivity index (χ3n) is 2.84. The molecule has 1 N–H and O–H groups in total. The number of benzene rings is 2. The molecule has 0 spiro atoms. The molecule has 0 aliphatic carbocycles. The number of hydrogen-bond donors (Lipinski definition) is 1. The average Bonchev–Trinajstić information content (AvgIpc) is 2.40. The molecule has 0 aliphatic rings. The normalized spacial score (nSPS) is 10.3. The molecular formula is C15H13BrINO2. The van der Waals surface area contributed by atoms with Crippen LogP contribution in [0.25, 0.3) is 0 Å². The lowest BCUT2D eigenvalue weighted by Gasteiger charge is -2.18. The van der Waals surface area contributed by atoms with E-state index >= 15 is 0 Å². The number of aromatic hydroxyl groups is 1. The molecule has 5 heteroatoms. The molecule has 1 amide bonds. The lowest BCUT2D eigenvalue weighted by atomic mass is 10.1.